The molecule has 0 spiro atoms. The van der Waals surface area contributed by atoms with Crippen molar-refractivity contribution in [3.05, 3.63) is 29.3 Å². The number of benzene rings is 1. The van der Waals surface area contributed by atoms with E-state index in [0.29, 0.717) is 0 Å². The molecule has 0 radical (unpaired) electrons. The molecule has 3 nitrogen and oxygen atoms in total. The second-order valence-corrected chi connectivity index (χ2v) is 4.86. The fourth-order valence-electron chi connectivity index (χ4n) is 0.890. The predicted molar refractivity (Wildman–Crippen MR) is 49.4 cm³/mol. The van der Waals surface area contributed by atoms with Crippen molar-refractivity contribution in [1.82, 2.24) is 0 Å². The normalized spacial score (nSPS) is 11.6. The summed E-state index contributed by atoms with van der Waals surface area (Å²) in [7, 11) is -4.01. The molecular formula is C8H7F4NO2S. The Kier molecular flexibility index (Phi) is 3.41. The molecule has 0 amide bonds. The first-order chi connectivity index (χ1) is 7.28. The van der Waals surface area contributed by atoms with Gasteiger partial charge in [-0.25, -0.2) is 26.0 Å². The molecule has 1 rings (SSSR count). The van der Waals surface area contributed by atoms with Crippen molar-refractivity contribution in [2.45, 2.75) is 6.92 Å². The van der Waals surface area contributed by atoms with Gasteiger partial charge in [0.2, 0.25) is 10.0 Å². The Morgan fingerprint density at radius 1 is 1.12 bits per heavy atom. The van der Waals surface area contributed by atoms with Crippen molar-refractivity contribution in [3.63, 3.8) is 0 Å². The Hall–Kier alpha value is -1.31. The molecule has 0 aliphatic heterocycles. The molecule has 0 bridgehead atoms. The maximum Gasteiger partial charge on any atom is 0.232 e. The van der Waals surface area contributed by atoms with E-state index in [1.807, 2.05) is 0 Å². The standard InChI is InChI=1S/C8H7F4NO2S/c1-2-16(14,15)13-8-6(11)4(9)3-5(10)7(8)12/h3,13H,2H2,1H3. The Morgan fingerprint density at radius 2 is 1.56 bits per heavy atom. The molecule has 16 heavy (non-hydrogen) atoms. The van der Waals surface area contributed by atoms with E-state index in [1.54, 1.807) is 0 Å². The van der Waals surface area contributed by atoms with E-state index in [1.165, 1.54) is 11.6 Å². The van der Waals surface area contributed by atoms with Crippen molar-refractivity contribution in [1.29, 1.82) is 0 Å². The van der Waals surface area contributed by atoms with Crippen LogP contribution in [0.5, 0.6) is 0 Å². The van der Waals surface area contributed by atoms with E-state index in [-0.39, 0.29) is 6.07 Å². The lowest BCUT2D eigenvalue weighted by atomic mass is 10.3. The highest BCUT2D eigenvalue weighted by Gasteiger charge is 2.22. The maximum atomic E-state index is 13.0. The summed E-state index contributed by atoms with van der Waals surface area (Å²) >= 11 is 0. The van der Waals surface area contributed by atoms with Crippen LogP contribution < -0.4 is 4.72 Å². The Balaban J connectivity index is 3.34. The minimum absolute atomic E-state index is 0.00554. The number of nitrogens with one attached hydrogen (secondary N) is 1. The first-order valence-corrected chi connectivity index (χ1v) is 5.77. The second kappa shape index (κ2) is 4.28. The zero-order valence-corrected chi connectivity index (χ0v) is 8.84. The maximum absolute atomic E-state index is 13.0. The van der Waals surface area contributed by atoms with Gasteiger partial charge in [-0.2, -0.15) is 0 Å². The first kappa shape index (κ1) is 12.8. The highest BCUT2D eigenvalue weighted by Crippen LogP contribution is 2.24. The van der Waals surface area contributed by atoms with Crippen LogP contribution in [0.25, 0.3) is 0 Å². The van der Waals surface area contributed by atoms with E-state index in [2.05, 4.69) is 0 Å². The highest BCUT2D eigenvalue weighted by molar-refractivity contribution is 7.92. The minimum Gasteiger partial charge on any atom is -0.278 e. The summed E-state index contributed by atoms with van der Waals surface area (Å²) in [5.41, 5.74) is -1.35. The van der Waals surface area contributed by atoms with Crippen LogP contribution in [0.1, 0.15) is 6.92 Å². The third kappa shape index (κ3) is 2.43. The Labute approximate surface area is 89.1 Å². The van der Waals surface area contributed by atoms with E-state index in [0.717, 1.165) is 0 Å². The van der Waals surface area contributed by atoms with Gasteiger partial charge < -0.3 is 0 Å². The largest absolute Gasteiger partial charge is 0.278 e. The molecular weight excluding hydrogens is 250 g/mol. The van der Waals surface area contributed by atoms with Gasteiger partial charge in [0.25, 0.3) is 0 Å². The van der Waals surface area contributed by atoms with Crippen LogP contribution in [0.4, 0.5) is 23.2 Å². The zero-order chi connectivity index (χ0) is 12.5. The fourth-order valence-corrected chi connectivity index (χ4v) is 1.52. The fraction of sp³-hybridized carbons (Fsp3) is 0.250. The first-order valence-electron chi connectivity index (χ1n) is 4.12. The van der Waals surface area contributed by atoms with Gasteiger partial charge in [-0.15, -0.1) is 0 Å². The van der Waals surface area contributed by atoms with Crippen LogP contribution in [0.3, 0.4) is 0 Å². The molecule has 0 unspecified atom stereocenters. The van der Waals surface area contributed by atoms with Gasteiger partial charge in [-0.1, -0.05) is 0 Å². The van der Waals surface area contributed by atoms with Crippen LogP contribution in [0, 0.1) is 23.3 Å². The van der Waals surface area contributed by atoms with Gasteiger partial charge in [0.15, 0.2) is 23.3 Å². The van der Waals surface area contributed by atoms with Gasteiger partial charge in [0.1, 0.15) is 5.69 Å². The van der Waals surface area contributed by atoms with Gasteiger partial charge in [0.05, 0.1) is 5.75 Å². The monoisotopic (exact) mass is 257 g/mol. The third-order valence-corrected chi connectivity index (χ3v) is 3.02. The van der Waals surface area contributed by atoms with E-state index < -0.39 is 44.7 Å². The molecule has 0 aliphatic carbocycles. The molecule has 0 atom stereocenters. The molecule has 0 heterocycles. The third-order valence-electron chi connectivity index (χ3n) is 1.75. The summed E-state index contributed by atoms with van der Waals surface area (Å²) in [4.78, 5) is 0. The molecule has 1 N–H and O–H groups in total. The molecule has 0 saturated carbocycles. The SMILES string of the molecule is CCS(=O)(=O)Nc1c(F)c(F)cc(F)c1F. The van der Waals surface area contributed by atoms with Crippen molar-refractivity contribution >= 4 is 15.7 Å². The van der Waals surface area contributed by atoms with E-state index in [9.17, 15) is 26.0 Å². The van der Waals surface area contributed by atoms with Crippen LogP contribution in [0.15, 0.2) is 6.07 Å². The second-order valence-electron chi connectivity index (χ2n) is 2.85. The minimum atomic E-state index is -4.01. The van der Waals surface area contributed by atoms with E-state index >= 15 is 0 Å². The van der Waals surface area contributed by atoms with Gasteiger partial charge >= 0.3 is 0 Å². The predicted octanol–water partition coefficient (Wildman–Crippen LogP) is 2.00. The summed E-state index contributed by atoms with van der Waals surface area (Å²) in [6.07, 6.45) is 0. The average Bonchev–Trinajstić information content (AvgIpc) is 2.22. The summed E-state index contributed by atoms with van der Waals surface area (Å²) in [5, 5.41) is 0. The van der Waals surface area contributed by atoms with Crippen molar-refractivity contribution in [2.75, 3.05) is 10.5 Å². The quantitative estimate of drug-likeness (QED) is 0.665. The zero-order valence-electron chi connectivity index (χ0n) is 8.02. The van der Waals surface area contributed by atoms with Crippen LogP contribution in [0.2, 0.25) is 0 Å². The Bertz CT molecular complexity index is 489. The molecule has 0 aromatic heterocycles. The van der Waals surface area contributed by atoms with E-state index in [4.69, 9.17) is 0 Å². The number of halogens is 4. The number of sulfonamides is 1. The number of hydrogen-bond donors (Lipinski definition) is 1. The van der Waals surface area contributed by atoms with Crippen molar-refractivity contribution in [2.24, 2.45) is 0 Å². The molecule has 0 aliphatic rings. The molecule has 1 aromatic rings. The van der Waals surface area contributed by atoms with Gasteiger partial charge in [0, 0.05) is 6.07 Å². The Morgan fingerprint density at radius 3 is 1.94 bits per heavy atom. The molecule has 1 aromatic carbocycles. The summed E-state index contributed by atoms with van der Waals surface area (Å²) in [5.74, 6) is -7.39. The summed E-state index contributed by atoms with van der Waals surface area (Å²) in [6, 6.07) is -0.00554. The number of anilines is 1. The topological polar surface area (TPSA) is 46.2 Å². The molecule has 0 saturated heterocycles. The van der Waals surface area contributed by atoms with Crippen LogP contribution in [-0.4, -0.2) is 14.2 Å². The van der Waals surface area contributed by atoms with Gasteiger partial charge in [-0.05, 0) is 6.92 Å². The lowest BCUT2D eigenvalue weighted by Crippen LogP contribution is -2.17. The van der Waals surface area contributed by atoms with Gasteiger partial charge in [-0.3, -0.25) is 4.72 Å². The van der Waals surface area contributed by atoms with Crippen molar-refractivity contribution < 1.29 is 26.0 Å². The lowest BCUT2D eigenvalue weighted by Gasteiger charge is -2.09. The lowest BCUT2D eigenvalue weighted by molar-refractivity contribution is 0.459. The number of hydrogen-bond acceptors (Lipinski definition) is 2. The summed E-state index contributed by atoms with van der Waals surface area (Å²) in [6.45, 7) is 1.20. The average molecular weight is 257 g/mol. The number of rotatable bonds is 3. The van der Waals surface area contributed by atoms with Crippen LogP contribution in [-0.2, 0) is 10.0 Å². The van der Waals surface area contributed by atoms with Crippen LogP contribution >= 0.6 is 0 Å². The molecule has 90 valence electrons. The summed E-state index contributed by atoms with van der Waals surface area (Å²) < 4.78 is 74.8. The smallest absolute Gasteiger partial charge is 0.232 e. The highest BCUT2D eigenvalue weighted by atomic mass is 32.2. The molecule has 8 heteroatoms. The van der Waals surface area contributed by atoms with Crippen molar-refractivity contribution in [3.8, 4) is 0 Å². The molecule has 0 fully saturated rings.